The van der Waals surface area contributed by atoms with E-state index in [9.17, 15) is 9.59 Å². The Morgan fingerprint density at radius 3 is 2.28 bits per heavy atom. The molecule has 0 saturated heterocycles. The van der Waals surface area contributed by atoms with Gasteiger partial charge in [-0.3, -0.25) is 15.0 Å². The summed E-state index contributed by atoms with van der Waals surface area (Å²) in [6, 6.07) is 22.3. The van der Waals surface area contributed by atoms with Crippen molar-refractivity contribution < 1.29 is 9.59 Å². The first-order chi connectivity index (χ1) is 12.1. The van der Waals surface area contributed by atoms with E-state index >= 15 is 0 Å². The monoisotopic (exact) mass is 330 g/mol. The van der Waals surface area contributed by atoms with Gasteiger partial charge >= 0.3 is 0 Å². The van der Waals surface area contributed by atoms with Crippen LogP contribution in [0, 0.1) is 0 Å². The number of nitrogens with one attached hydrogen (secondary N) is 2. The molecule has 25 heavy (non-hydrogen) atoms. The predicted molar refractivity (Wildman–Crippen MR) is 99.1 cm³/mol. The summed E-state index contributed by atoms with van der Waals surface area (Å²) in [7, 11) is 0. The number of amides is 1. The largest absolute Gasteiger partial charge is 0.303 e. The van der Waals surface area contributed by atoms with Gasteiger partial charge in [0.1, 0.15) is 0 Å². The first-order valence-electron chi connectivity index (χ1n) is 7.97. The highest BCUT2D eigenvalue weighted by Crippen LogP contribution is 2.18. The molecule has 0 heterocycles. The zero-order valence-corrected chi connectivity index (χ0v) is 13.8. The van der Waals surface area contributed by atoms with Gasteiger partial charge in [-0.15, -0.1) is 0 Å². The van der Waals surface area contributed by atoms with Gasteiger partial charge in [-0.25, -0.2) is 0 Å². The Kier molecular flexibility index (Phi) is 4.90. The summed E-state index contributed by atoms with van der Waals surface area (Å²) in [5.41, 5.74) is 7.16. The van der Waals surface area contributed by atoms with Crippen LogP contribution >= 0.6 is 0 Å². The number of carbonyl (C=O) groups excluding carboxylic acids is 2. The Morgan fingerprint density at radius 1 is 0.800 bits per heavy atom. The Morgan fingerprint density at radius 2 is 1.48 bits per heavy atom. The van der Waals surface area contributed by atoms with Gasteiger partial charge in [-0.1, -0.05) is 66.7 Å². The number of rotatable bonds is 5. The van der Waals surface area contributed by atoms with Gasteiger partial charge in [-0.05, 0) is 23.8 Å². The molecular weight excluding hydrogens is 312 g/mol. The van der Waals surface area contributed by atoms with Crippen molar-refractivity contribution in [1.29, 1.82) is 0 Å². The number of hydrogen-bond donors (Lipinski definition) is 2. The molecule has 0 radical (unpaired) electrons. The van der Waals surface area contributed by atoms with Crippen molar-refractivity contribution in [2.45, 2.75) is 6.92 Å². The molecule has 3 aromatic rings. The normalized spacial score (nSPS) is 11.2. The second kappa shape index (κ2) is 7.45. The summed E-state index contributed by atoms with van der Waals surface area (Å²) in [4.78, 5) is 24.5. The SMILES string of the molecule is CC(=CC(=O)c1ccccc1)NNC(=O)c1cccc2ccccc12. The van der Waals surface area contributed by atoms with Gasteiger partial charge in [0, 0.05) is 22.9 Å². The molecule has 3 aromatic carbocycles. The standard InChI is InChI=1S/C21H18N2O2/c1-15(14-20(24)17-9-3-2-4-10-17)22-23-21(25)19-13-7-11-16-8-5-6-12-18(16)19/h2-14,22H,1H3,(H,23,25). The maximum Gasteiger partial charge on any atom is 0.270 e. The van der Waals surface area contributed by atoms with E-state index in [2.05, 4.69) is 10.9 Å². The smallest absolute Gasteiger partial charge is 0.270 e. The summed E-state index contributed by atoms with van der Waals surface area (Å²) < 4.78 is 0. The topological polar surface area (TPSA) is 58.2 Å². The number of hydrazine groups is 1. The van der Waals surface area contributed by atoms with E-state index in [0.29, 0.717) is 16.8 Å². The zero-order chi connectivity index (χ0) is 17.6. The third-order valence-corrected chi connectivity index (χ3v) is 3.81. The molecule has 0 atom stereocenters. The van der Waals surface area contributed by atoms with Crippen LogP contribution in [0.4, 0.5) is 0 Å². The van der Waals surface area contributed by atoms with E-state index in [-0.39, 0.29) is 11.7 Å². The molecule has 4 heteroatoms. The van der Waals surface area contributed by atoms with Gasteiger partial charge in [0.25, 0.3) is 5.91 Å². The summed E-state index contributed by atoms with van der Waals surface area (Å²) in [6.07, 6.45) is 1.46. The molecule has 4 nitrogen and oxygen atoms in total. The summed E-state index contributed by atoms with van der Waals surface area (Å²) in [5, 5.41) is 1.88. The number of hydrogen-bond acceptors (Lipinski definition) is 3. The van der Waals surface area contributed by atoms with Crippen molar-refractivity contribution in [3.05, 3.63) is 95.7 Å². The fourth-order valence-electron chi connectivity index (χ4n) is 2.56. The lowest BCUT2D eigenvalue weighted by atomic mass is 10.0. The number of ketones is 1. The van der Waals surface area contributed by atoms with Crippen LogP contribution in [-0.4, -0.2) is 11.7 Å². The van der Waals surface area contributed by atoms with E-state index in [1.807, 2.05) is 54.6 Å². The highest BCUT2D eigenvalue weighted by atomic mass is 16.2. The van der Waals surface area contributed by atoms with Crippen LogP contribution in [0.15, 0.2) is 84.6 Å². The number of fused-ring (bicyclic) bond motifs is 1. The molecule has 0 aliphatic carbocycles. The highest BCUT2D eigenvalue weighted by molar-refractivity contribution is 6.07. The van der Waals surface area contributed by atoms with Crippen LogP contribution in [0.3, 0.4) is 0 Å². The van der Waals surface area contributed by atoms with E-state index in [1.165, 1.54) is 6.08 Å². The van der Waals surface area contributed by atoms with Crippen molar-refractivity contribution in [2.24, 2.45) is 0 Å². The average Bonchev–Trinajstić information content (AvgIpc) is 2.66. The van der Waals surface area contributed by atoms with Crippen LogP contribution < -0.4 is 10.9 Å². The quantitative estimate of drug-likeness (QED) is 0.424. The first-order valence-corrected chi connectivity index (χ1v) is 7.97. The molecule has 1 amide bonds. The maximum absolute atomic E-state index is 12.4. The average molecular weight is 330 g/mol. The van der Waals surface area contributed by atoms with Gasteiger partial charge in [0.15, 0.2) is 5.78 Å². The van der Waals surface area contributed by atoms with Gasteiger partial charge in [0.05, 0.1) is 0 Å². The van der Waals surface area contributed by atoms with E-state index in [0.717, 1.165) is 10.8 Å². The molecule has 0 fully saturated rings. The molecule has 124 valence electrons. The van der Waals surface area contributed by atoms with Gasteiger partial charge in [0.2, 0.25) is 0 Å². The fourth-order valence-corrected chi connectivity index (χ4v) is 2.56. The molecule has 0 aromatic heterocycles. The van der Waals surface area contributed by atoms with Crippen LogP contribution in [0.5, 0.6) is 0 Å². The fraction of sp³-hybridized carbons (Fsp3) is 0.0476. The van der Waals surface area contributed by atoms with E-state index in [4.69, 9.17) is 0 Å². The van der Waals surface area contributed by atoms with Crippen LogP contribution in [-0.2, 0) is 0 Å². The third-order valence-electron chi connectivity index (χ3n) is 3.81. The summed E-state index contributed by atoms with van der Waals surface area (Å²) >= 11 is 0. The van der Waals surface area contributed by atoms with Crippen molar-refractivity contribution in [3.8, 4) is 0 Å². The minimum absolute atomic E-state index is 0.120. The second-order valence-corrected chi connectivity index (χ2v) is 5.66. The van der Waals surface area contributed by atoms with Crippen molar-refractivity contribution in [1.82, 2.24) is 10.9 Å². The van der Waals surface area contributed by atoms with Crippen LogP contribution in [0.25, 0.3) is 10.8 Å². The minimum atomic E-state index is -0.253. The highest BCUT2D eigenvalue weighted by Gasteiger charge is 2.09. The zero-order valence-electron chi connectivity index (χ0n) is 13.8. The van der Waals surface area contributed by atoms with Crippen LogP contribution in [0.1, 0.15) is 27.6 Å². The number of carbonyl (C=O) groups is 2. The van der Waals surface area contributed by atoms with Gasteiger partial charge < -0.3 is 5.43 Å². The number of allylic oxidation sites excluding steroid dienone is 2. The van der Waals surface area contributed by atoms with E-state index in [1.54, 1.807) is 25.1 Å². The third kappa shape index (κ3) is 3.93. The molecule has 2 N–H and O–H groups in total. The first kappa shape index (κ1) is 16.5. The molecule has 0 saturated carbocycles. The lowest BCUT2D eigenvalue weighted by molar-refractivity contribution is 0.0938. The molecule has 0 bridgehead atoms. The van der Waals surface area contributed by atoms with Crippen molar-refractivity contribution in [2.75, 3.05) is 0 Å². The Hall–Kier alpha value is -3.40. The molecule has 0 unspecified atom stereocenters. The van der Waals surface area contributed by atoms with Gasteiger partial charge in [-0.2, -0.15) is 0 Å². The number of benzene rings is 3. The Balaban J connectivity index is 1.69. The lowest BCUT2D eigenvalue weighted by Crippen LogP contribution is -2.36. The van der Waals surface area contributed by atoms with E-state index < -0.39 is 0 Å². The Labute approximate surface area is 146 Å². The summed E-state index contributed by atoms with van der Waals surface area (Å²) in [6.45, 7) is 1.73. The maximum atomic E-state index is 12.4. The second-order valence-electron chi connectivity index (χ2n) is 5.66. The summed E-state index contributed by atoms with van der Waals surface area (Å²) in [5.74, 6) is -0.373. The molecule has 0 spiro atoms. The Bertz CT molecular complexity index is 941. The molecule has 0 aliphatic heterocycles. The molecule has 3 rings (SSSR count). The molecule has 0 aliphatic rings. The lowest BCUT2D eigenvalue weighted by Gasteiger charge is -2.10. The predicted octanol–water partition coefficient (Wildman–Crippen LogP) is 3.86. The van der Waals surface area contributed by atoms with Crippen molar-refractivity contribution in [3.63, 3.8) is 0 Å². The van der Waals surface area contributed by atoms with Crippen LogP contribution in [0.2, 0.25) is 0 Å². The minimum Gasteiger partial charge on any atom is -0.303 e. The van der Waals surface area contributed by atoms with Crippen molar-refractivity contribution >= 4 is 22.5 Å². The molecular formula is C21H18N2O2.